The van der Waals surface area contributed by atoms with E-state index < -0.39 is 7.12 Å². The minimum absolute atomic E-state index is 0.333. The summed E-state index contributed by atoms with van der Waals surface area (Å²) >= 11 is 6.10. The fourth-order valence-corrected chi connectivity index (χ4v) is 1.80. The van der Waals surface area contributed by atoms with Crippen molar-refractivity contribution in [3.8, 4) is 0 Å². The molecule has 1 aromatic carbocycles. The fraction of sp³-hybridized carbons (Fsp3) is 0.500. The van der Waals surface area contributed by atoms with Crippen LogP contribution in [0, 0.1) is 6.07 Å². The third kappa shape index (κ3) is 1.88. The summed E-state index contributed by atoms with van der Waals surface area (Å²) in [6.07, 6.45) is 0. The number of halogens is 1. The Hall–Kier alpha value is -0.505. The summed E-state index contributed by atoms with van der Waals surface area (Å²) in [4.78, 5) is 0. The third-order valence-corrected chi connectivity index (χ3v) is 3.68. The van der Waals surface area contributed by atoms with Crippen molar-refractivity contribution < 1.29 is 9.31 Å². The van der Waals surface area contributed by atoms with Crippen LogP contribution < -0.4 is 5.46 Å². The third-order valence-electron chi connectivity index (χ3n) is 3.35. The maximum atomic E-state index is 6.10. The van der Waals surface area contributed by atoms with E-state index in [1.807, 2.05) is 39.8 Å². The first-order valence-electron chi connectivity index (χ1n) is 5.35. The van der Waals surface area contributed by atoms with Gasteiger partial charge in [0.2, 0.25) is 0 Å². The zero-order valence-corrected chi connectivity index (χ0v) is 10.8. The highest BCUT2D eigenvalue weighted by Crippen LogP contribution is 2.36. The van der Waals surface area contributed by atoms with Crippen molar-refractivity contribution in [2.75, 3.05) is 0 Å². The van der Waals surface area contributed by atoms with Gasteiger partial charge in [-0.25, -0.2) is 0 Å². The van der Waals surface area contributed by atoms with Crippen LogP contribution in [-0.4, -0.2) is 18.3 Å². The summed E-state index contributed by atoms with van der Waals surface area (Å²) in [6, 6.07) is 8.34. The van der Waals surface area contributed by atoms with Gasteiger partial charge in [0.15, 0.2) is 0 Å². The predicted molar refractivity (Wildman–Crippen MR) is 66.0 cm³/mol. The van der Waals surface area contributed by atoms with Gasteiger partial charge in [-0.15, -0.1) is 0 Å². The first kappa shape index (κ1) is 12.0. The normalized spacial score (nSPS) is 22.4. The first-order chi connectivity index (χ1) is 7.33. The zero-order valence-electron chi connectivity index (χ0n) is 10.0. The molecule has 16 heavy (non-hydrogen) atoms. The predicted octanol–water partition coefficient (Wildman–Crippen LogP) is 2.44. The van der Waals surface area contributed by atoms with Crippen molar-refractivity contribution in [1.82, 2.24) is 0 Å². The van der Waals surface area contributed by atoms with Crippen molar-refractivity contribution in [3.63, 3.8) is 0 Å². The molecular formula is C12H15BClO2. The summed E-state index contributed by atoms with van der Waals surface area (Å²) in [5.74, 6) is 0. The van der Waals surface area contributed by atoms with Gasteiger partial charge >= 0.3 is 7.12 Å². The van der Waals surface area contributed by atoms with E-state index in [0.717, 1.165) is 5.46 Å². The molecule has 0 unspecified atom stereocenters. The van der Waals surface area contributed by atoms with Crippen molar-refractivity contribution in [2.24, 2.45) is 0 Å². The molecule has 0 aliphatic carbocycles. The Morgan fingerprint density at radius 2 is 1.75 bits per heavy atom. The molecule has 0 aromatic heterocycles. The van der Waals surface area contributed by atoms with Crippen molar-refractivity contribution in [3.05, 3.63) is 29.3 Å². The fourth-order valence-electron chi connectivity index (χ4n) is 1.58. The highest BCUT2D eigenvalue weighted by molar-refractivity contribution is 6.65. The number of hydrogen-bond acceptors (Lipinski definition) is 2. The number of benzene rings is 1. The molecule has 0 spiro atoms. The van der Waals surface area contributed by atoms with Gasteiger partial charge in [0.1, 0.15) is 0 Å². The topological polar surface area (TPSA) is 18.5 Å². The molecule has 0 bridgehead atoms. The second-order valence-electron chi connectivity index (χ2n) is 5.04. The summed E-state index contributed by atoms with van der Waals surface area (Å²) in [6.45, 7) is 8.10. The van der Waals surface area contributed by atoms with E-state index in [-0.39, 0.29) is 11.2 Å². The van der Waals surface area contributed by atoms with Gasteiger partial charge in [-0.05, 0) is 39.8 Å². The van der Waals surface area contributed by atoms with Crippen LogP contribution in [0.15, 0.2) is 18.2 Å². The van der Waals surface area contributed by atoms with Crippen LogP contribution in [0.3, 0.4) is 0 Å². The zero-order chi connectivity index (χ0) is 12.0. The van der Waals surface area contributed by atoms with Crippen molar-refractivity contribution in [2.45, 2.75) is 38.9 Å². The molecule has 1 heterocycles. The van der Waals surface area contributed by atoms with Gasteiger partial charge in [-0.3, -0.25) is 0 Å². The lowest BCUT2D eigenvalue weighted by Crippen LogP contribution is -2.41. The second kappa shape index (κ2) is 3.76. The van der Waals surface area contributed by atoms with Crippen LogP contribution in [0.1, 0.15) is 27.7 Å². The van der Waals surface area contributed by atoms with Gasteiger partial charge in [0.25, 0.3) is 0 Å². The minimum atomic E-state index is -0.396. The molecule has 0 saturated carbocycles. The van der Waals surface area contributed by atoms with Crippen molar-refractivity contribution in [1.29, 1.82) is 0 Å². The standard InChI is InChI=1S/C12H15BClO2/c1-11(2)12(3,4)16-13(15-11)9-7-5-6-8-10(9)14/h5,7-8H,1-4H3. The molecule has 1 aromatic rings. The second-order valence-corrected chi connectivity index (χ2v) is 5.44. The Labute approximate surface area is 102 Å². The Morgan fingerprint density at radius 1 is 1.19 bits per heavy atom. The van der Waals surface area contributed by atoms with E-state index in [9.17, 15) is 0 Å². The molecule has 1 radical (unpaired) electrons. The Morgan fingerprint density at radius 3 is 2.25 bits per heavy atom. The van der Waals surface area contributed by atoms with Gasteiger partial charge in [-0.1, -0.05) is 23.7 Å². The molecule has 4 heteroatoms. The highest BCUT2D eigenvalue weighted by atomic mass is 35.5. The van der Waals surface area contributed by atoms with E-state index in [2.05, 4.69) is 6.07 Å². The molecular weight excluding hydrogens is 222 g/mol. The summed E-state index contributed by atoms with van der Waals surface area (Å²) in [5.41, 5.74) is 0.195. The minimum Gasteiger partial charge on any atom is -0.399 e. The van der Waals surface area contributed by atoms with Crippen LogP contribution in [0.25, 0.3) is 0 Å². The van der Waals surface area contributed by atoms with E-state index in [1.54, 1.807) is 6.07 Å². The average Bonchev–Trinajstić information content (AvgIpc) is 2.36. The van der Waals surface area contributed by atoms with E-state index in [0.29, 0.717) is 5.02 Å². The number of rotatable bonds is 1. The SMILES string of the molecule is CC1(C)OB(c2cc[c]cc2Cl)OC1(C)C. The highest BCUT2D eigenvalue weighted by Gasteiger charge is 2.52. The van der Waals surface area contributed by atoms with Gasteiger partial charge < -0.3 is 9.31 Å². The quantitative estimate of drug-likeness (QED) is 0.699. The maximum Gasteiger partial charge on any atom is 0.496 e. The van der Waals surface area contributed by atoms with Crippen molar-refractivity contribution >= 4 is 24.2 Å². The molecule has 1 saturated heterocycles. The maximum absolute atomic E-state index is 6.10. The lowest BCUT2D eigenvalue weighted by molar-refractivity contribution is 0.00578. The summed E-state index contributed by atoms with van der Waals surface area (Å²) < 4.78 is 11.8. The lowest BCUT2D eigenvalue weighted by Gasteiger charge is -2.32. The number of hydrogen-bond donors (Lipinski definition) is 0. The average molecular weight is 238 g/mol. The van der Waals surface area contributed by atoms with E-state index in [1.165, 1.54) is 0 Å². The molecule has 85 valence electrons. The molecule has 2 rings (SSSR count). The molecule has 2 nitrogen and oxygen atoms in total. The molecule has 1 aliphatic heterocycles. The molecule has 0 amide bonds. The molecule has 0 atom stereocenters. The largest absolute Gasteiger partial charge is 0.496 e. The molecule has 1 fully saturated rings. The monoisotopic (exact) mass is 237 g/mol. The van der Waals surface area contributed by atoms with Gasteiger partial charge in [0.05, 0.1) is 11.2 Å². The van der Waals surface area contributed by atoms with Gasteiger partial charge in [0, 0.05) is 10.5 Å². The van der Waals surface area contributed by atoms with Crippen LogP contribution in [0.4, 0.5) is 0 Å². The molecule has 1 aliphatic rings. The Kier molecular flexibility index (Phi) is 2.81. The van der Waals surface area contributed by atoms with Crippen LogP contribution in [-0.2, 0) is 9.31 Å². The van der Waals surface area contributed by atoms with Crippen LogP contribution in [0.5, 0.6) is 0 Å². The lowest BCUT2D eigenvalue weighted by atomic mass is 9.79. The van der Waals surface area contributed by atoms with E-state index >= 15 is 0 Å². The Balaban J connectivity index is 2.31. The first-order valence-corrected chi connectivity index (χ1v) is 5.72. The van der Waals surface area contributed by atoms with Crippen LogP contribution >= 0.6 is 11.6 Å². The summed E-state index contributed by atoms with van der Waals surface area (Å²) in [5, 5.41) is 0.626. The van der Waals surface area contributed by atoms with E-state index in [4.69, 9.17) is 20.9 Å². The smallest absolute Gasteiger partial charge is 0.399 e. The van der Waals surface area contributed by atoms with Crippen LogP contribution in [0.2, 0.25) is 5.02 Å². The molecule has 0 N–H and O–H groups in total. The Bertz CT molecular complexity index is 388. The summed E-state index contributed by atoms with van der Waals surface area (Å²) in [7, 11) is -0.396. The van der Waals surface area contributed by atoms with Gasteiger partial charge in [-0.2, -0.15) is 0 Å².